The number of allylic oxidation sites excluding steroid dienone is 1. The second-order valence-electron chi connectivity index (χ2n) is 6.47. The fraction of sp³-hybridized carbons (Fsp3) is 0.190. The molecule has 0 saturated carbocycles. The first-order valence-corrected chi connectivity index (χ1v) is 10.9. The standard InChI is InChI=1S/C21H18FN3O3S2/c1-3-28-20(27)17-12(2)24-21-25(18(17)15-5-4-10-29-15)19(26)16(30-21)11-23-14-8-6-13(22)7-9-14/h4-11,18,23H,3H2,1-2H3/b16-11-/t18-/m1/s1. The van der Waals surface area contributed by atoms with E-state index in [1.54, 1.807) is 32.2 Å². The van der Waals surface area contributed by atoms with Gasteiger partial charge >= 0.3 is 5.97 Å². The van der Waals surface area contributed by atoms with Crippen molar-refractivity contribution in [2.45, 2.75) is 19.9 Å². The number of thiophene rings is 1. The highest BCUT2D eigenvalue weighted by Crippen LogP contribution is 2.33. The van der Waals surface area contributed by atoms with E-state index in [0.29, 0.717) is 26.3 Å². The summed E-state index contributed by atoms with van der Waals surface area (Å²) in [4.78, 5) is 31.8. The number of ether oxygens (including phenoxy) is 1. The molecule has 1 aliphatic rings. The van der Waals surface area contributed by atoms with E-state index in [4.69, 9.17) is 4.74 Å². The Morgan fingerprint density at radius 2 is 2.10 bits per heavy atom. The lowest BCUT2D eigenvalue weighted by molar-refractivity contribution is -0.139. The van der Waals surface area contributed by atoms with Gasteiger partial charge in [-0.3, -0.25) is 9.36 Å². The second-order valence-corrected chi connectivity index (χ2v) is 8.46. The molecule has 30 heavy (non-hydrogen) atoms. The van der Waals surface area contributed by atoms with Crippen molar-refractivity contribution in [2.75, 3.05) is 11.9 Å². The highest BCUT2D eigenvalue weighted by Gasteiger charge is 2.33. The van der Waals surface area contributed by atoms with Crippen molar-refractivity contribution in [1.82, 2.24) is 4.57 Å². The summed E-state index contributed by atoms with van der Waals surface area (Å²) in [5.41, 5.74) is 1.29. The smallest absolute Gasteiger partial charge is 0.338 e. The third-order valence-electron chi connectivity index (χ3n) is 4.54. The van der Waals surface area contributed by atoms with Gasteiger partial charge in [0.25, 0.3) is 5.56 Å². The van der Waals surface area contributed by atoms with Crippen LogP contribution >= 0.6 is 22.7 Å². The van der Waals surface area contributed by atoms with Crippen LogP contribution < -0.4 is 20.2 Å². The summed E-state index contributed by atoms with van der Waals surface area (Å²) >= 11 is 2.69. The average molecular weight is 444 g/mol. The van der Waals surface area contributed by atoms with Crippen LogP contribution in [0.5, 0.6) is 0 Å². The lowest BCUT2D eigenvalue weighted by Gasteiger charge is -2.23. The molecule has 0 radical (unpaired) electrons. The Morgan fingerprint density at radius 3 is 2.77 bits per heavy atom. The number of carbonyl (C=O) groups is 1. The molecule has 0 bridgehead atoms. The monoisotopic (exact) mass is 443 g/mol. The number of fused-ring (bicyclic) bond motifs is 1. The maximum absolute atomic E-state index is 13.2. The van der Waals surface area contributed by atoms with Crippen LogP contribution in [0.1, 0.15) is 24.8 Å². The van der Waals surface area contributed by atoms with Crippen LogP contribution in [0.2, 0.25) is 0 Å². The van der Waals surface area contributed by atoms with Crippen LogP contribution in [0, 0.1) is 5.82 Å². The third-order valence-corrected chi connectivity index (χ3v) is 6.45. The first-order valence-electron chi connectivity index (χ1n) is 9.23. The number of hydrogen-bond donors (Lipinski definition) is 1. The molecule has 6 nitrogen and oxygen atoms in total. The number of halogens is 1. The Kier molecular flexibility index (Phi) is 5.65. The van der Waals surface area contributed by atoms with Gasteiger partial charge in [0.1, 0.15) is 16.4 Å². The van der Waals surface area contributed by atoms with E-state index in [9.17, 15) is 14.0 Å². The predicted octanol–water partition coefficient (Wildman–Crippen LogP) is 3.02. The summed E-state index contributed by atoms with van der Waals surface area (Å²) in [6, 6.07) is 9.02. The van der Waals surface area contributed by atoms with Gasteiger partial charge in [0.2, 0.25) is 0 Å². The molecule has 154 valence electrons. The Morgan fingerprint density at radius 1 is 1.33 bits per heavy atom. The molecule has 0 aliphatic carbocycles. The first kappa shape index (κ1) is 20.2. The first-order chi connectivity index (χ1) is 14.5. The molecule has 1 aromatic carbocycles. The van der Waals surface area contributed by atoms with Crippen molar-refractivity contribution in [3.05, 3.63) is 83.4 Å². The largest absolute Gasteiger partial charge is 0.463 e. The normalized spacial score (nSPS) is 16.2. The number of benzene rings is 1. The van der Waals surface area contributed by atoms with Gasteiger partial charge in [0.05, 0.1) is 17.9 Å². The number of nitrogens with one attached hydrogen (secondary N) is 1. The number of hydrogen-bond acceptors (Lipinski definition) is 7. The minimum absolute atomic E-state index is 0.235. The highest BCUT2D eigenvalue weighted by molar-refractivity contribution is 7.10. The van der Waals surface area contributed by atoms with Crippen LogP contribution in [0.15, 0.2) is 62.8 Å². The van der Waals surface area contributed by atoms with E-state index in [1.165, 1.54) is 39.4 Å². The van der Waals surface area contributed by atoms with Gasteiger partial charge in [-0.25, -0.2) is 14.2 Å². The van der Waals surface area contributed by atoms with Crippen molar-refractivity contribution in [1.29, 1.82) is 0 Å². The summed E-state index contributed by atoms with van der Waals surface area (Å²) < 4.78 is 20.3. The SMILES string of the molecule is CCOC(=O)C1=C(C)N=c2s/c(=C\Nc3ccc(F)cc3)c(=O)n2[C@@H]1c1cccs1. The van der Waals surface area contributed by atoms with Gasteiger partial charge in [-0.15, -0.1) is 11.3 Å². The molecule has 0 spiro atoms. The molecule has 0 amide bonds. The number of thiazole rings is 1. The van der Waals surface area contributed by atoms with E-state index in [0.717, 1.165) is 4.88 Å². The zero-order valence-corrected chi connectivity index (χ0v) is 17.8. The predicted molar refractivity (Wildman–Crippen MR) is 116 cm³/mol. The van der Waals surface area contributed by atoms with Gasteiger partial charge in [-0.2, -0.15) is 0 Å². The Labute approximate surface area is 179 Å². The summed E-state index contributed by atoms with van der Waals surface area (Å²) in [6.45, 7) is 3.73. The van der Waals surface area contributed by atoms with E-state index >= 15 is 0 Å². The van der Waals surface area contributed by atoms with Gasteiger partial charge in [0.15, 0.2) is 4.80 Å². The number of anilines is 1. The molecule has 2 aromatic heterocycles. The minimum Gasteiger partial charge on any atom is -0.463 e. The molecular formula is C21H18FN3O3S2. The Hall–Kier alpha value is -3.04. The molecule has 1 N–H and O–H groups in total. The molecule has 1 atom stereocenters. The summed E-state index contributed by atoms with van der Waals surface area (Å²) in [5.74, 6) is -0.811. The van der Waals surface area contributed by atoms with E-state index in [-0.39, 0.29) is 18.0 Å². The van der Waals surface area contributed by atoms with E-state index < -0.39 is 12.0 Å². The molecule has 3 heterocycles. The summed E-state index contributed by atoms with van der Waals surface area (Å²) in [6.07, 6.45) is 1.58. The number of carbonyl (C=O) groups excluding carboxylic acids is 1. The van der Waals surface area contributed by atoms with Crippen LogP contribution in [-0.2, 0) is 9.53 Å². The molecule has 3 aromatic rings. The molecule has 0 unspecified atom stereocenters. The fourth-order valence-corrected chi connectivity index (χ4v) is 5.00. The Balaban J connectivity index is 1.83. The number of aromatic nitrogens is 1. The van der Waals surface area contributed by atoms with Crippen molar-refractivity contribution in [3.8, 4) is 0 Å². The summed E-state index contributed by atoms with van der Waals surface area (Å²) in [7, 11) is 0. The van der Waals surface area contributed by atoms with Crippen LogP contribution in [0.4, 0.5) is 10.1 Å². The maximum atomic E-state index is 13.2. The topological polar surface area (TPSA) is 72.7 Å². The lowest BCUT2D eigenvalue weighted by Crippen LogP contribution is -2.39. The third kappa shape index (κ3) is 3.73. The van der Waals surface area contributed by atoms with Gasteiger partial charge in [-0.1, -0.05) is 17.4 Å². The minimum atomic E-state index is -0.590. The quantitative estimate of drug-likeness (QED) is 0.616. The molecule has 4 rings (SSSR count). The lowest BCUT2D eigenvalue weighted by atomic mass is 10.0. The van der Waals surface area contributed by atoms with Crippen molar-refractivity contribution < 1.29 is 13.9 Å². The van der Waals surface area contributed by atoms with Crippen molar-refractivity contribution in [3.63, 3.8) is 0 Å². The van der Waals surface area contributed by atoms with E-state index in [2.05, 4.69) is 10.3 Å². The zero-order chi connectivity index (χ0) is 21.3. The van der Waals surface area contributed by atoms with Crippen LogP contribution in [-0.4, -0.2) is 17.1 Å². The van der Waals surface area contributed by atoms with Crippen molar-refractivity contribution in [2.24, 2.45) is 4.99 Å². The second kappa shape index (κ2) is 8.37. The van der Waals surface area contributed by atoms with Gasteiger partial charge in [-0.05, 0) is 49.6 Å². The Bertz CT molecular complexity index is 1290. The van der Waals surface area contributed by atoms with Crippen molar-refractivity contribution >= 4 is 40.5 Å². The van der Waals surface area contributed by atoms with Gasteiger partial charge < -0.3 is 10.1 Å². The van der Waals surface area contributed by atoms with Crippen LogP contribution in [0.25, 0.3) is 6.20 Å². The van der Waals surface area contributed by atoms with E-state index in [1.807, 2.05) is 17.5 Å². The molecule has 0 fully saturated rings. The molecule has 1 aliphatic heterocycles. The fourth-order valence-electron chi connectivity index (χ4n) is 3.20. The number of nitrogens with zero attached hydrogens (tertiary/aromatic N) is 2. The average Bonchev–Trinajstić information content (AvgIpc) is 3.35. The van der Waals surface area contributed by atoms with Gasteiger partial charge in [0, 0.05) is 16.8 Å². The number of rotatable bonds is 5. The molecule has 9 heteroatoms. The summed E-state index contributed by atoms with van der Waals surface area (Å²) in [5, 5.41) is 4.92. The maximum Gasteiger partial charge on any atom is 0.338 e. The highest BCUT2D eigenvalue weighted by atomic mass is 32.1. The molecule has 0 saturated heterocycles. The molecular weight excluding hydrogens is 425 g/mol. The van der Waals surface area contributed by atoms with Crippen LogP contribution in [0.3, 0.4) is 0 Å². The number of esters is 1. The zero-order valence-electron chi connectivity index (χ0n) is 16.2.